The molecule has 2 aromatic carbocycles. The minimum Gasteiger partial charge on any atom is -0.464 e. The summed E-state index contributed by atoms with van der Waals surface area (Å²) in [6.45, 7) is 5.42. The molecule has 0 radical (unpaired) electrons. The fourth-order valence-electron chi connectivity index (χ4n) is 3.57. The van der Waals surface area contributed by atoms with Crippen molar-refractivity contribution in [1.29, 1.82) is 0 Å². The van der Waals surface area contributed by atoms with Crippen LogP contribution in [-0.2, 0) is 26.0 Å². The summed E-state index contributed by atoms with van der Waals surface area (Å²) in [5.41, 5.74) is 4.21. The molecule has 0 spiro atoms. The van der Waals surface area contributed by atoms with Gasteiger partial charge in [0.1, 0.15) is 5.58 Å². The van der Waals surface area contributed by atoms with E-state index in [-0.39, 0.29) is 17.2 Å². The highest BCUT2D eigenvalue weighted by molar-refractivity contribution is 7.89. The Morgan fingerprint density at radius 3 is 2.67 bits per heavy atom. The van der Waals surface area contributed by atoms with E-state index < -0.39 is 10.0 Å². The van der Waals surface area contributed by atoms with Crippen molar-refractivity contribution in [3.8, 4) is 0 Å². The Morgan fingerprint density at radius 2 is 1.90 bits per heavy atom. The first-order chi connectivity index (χ1) is 14.4. The maximum absolute atomic E-state index is 12.8. The van der Waals surface area contributed by atoms with Crippen LogP contribution in [0.4, 0.5) is 5.69 Å². The van der Waals surface area contributed by atoms with Gasteiger partial charge >= 0.3 is 0 Å². The molecule has 1 aliphatic rings. The molecule has 0 aliphatic carbocycles. The van der Waals surface area contributed by atoms with E-state index in [1.54, 1.807) is 18.4 Å². The van der Waals surface area contributed by atoms with Gasteiger partial charge in [-0.25, -0.2) is 8.42 Å². The van der Waals surface area contributed by atoms with Crippen molar-refractivity contribution in [2.75, 3.05) is 31.6 Å². The maximum atomic E-state index is 12.8. The molecule has 0 atom stereocenters. The van der Waals surface area contributed by atoms with E-state index in [0.717, 1.165) is 27.7 Å². The molecule has 1 aromatic heterocycles. The molecule has 4 rings (SSSR count). The molecule has 0 unspecified atom stereocenters. The third kappa shape index (κ3) is 3.98. The van der Waals surface area contributed by atoms with Crippen LogP contribution in [0, 0.1) is 13.8 Å². The number of ether oxygens (including phenoxy) is 1. The summed E-state index contributed by atoms with van der Waals surface area (Å²) in [5.74, 6) is -0.239. The van der Waals surface area contributed by atoms with Crippen LogP contribution in [0.5, 0.6) is 0 Å². The summed E-state index contributed by atoms with van der Waals surface area (Å²) in [7, 11) is -3.62. The van der Waals surface area contributed by atoms with Crippen molar-refractivity contribution in [1.82, 2.24) is 4.31 Å². The van der Waals surface area contributed by atoms with Gasteiger partial charge in [-0.2, -0.15) is 4.31 Å². The molecule has 7 nitrogen and oxygen atoms in total. The fourth-order valence-corrected chi connectivity index (χ4v) is 5.03. The van der Waals surface area contributed by atoms with Gasteiger partial charge in [-0.1, -0.05) is 18.2 Å². The average Bonchev–Trinajstić information content (AvgIpc) is 3.14. The summed E-state index contributed by atoms with van der Waals surface area (Å²) >= 11 is 0. The average molecular weight is 429 g/mol. The normalized spacial score (nSPS) is 15.4. The van der Waals surface area contributed by atoms with Crippen molar-refractivity contribution in [3.05, 3.63) is 59.4 Å². The second kappa shape index (κ2) is 8.22. The van der Waals surface area contributed by atoms with Crippen molar-refractivity contribution in [2.45, 2.75) is 25.2 Å². The molecule has 1 saturated heterocycles. The molecule has 1 fully saturated rings. The van der Waals surface area contributed by atoms with Crippen LogP contribution < -0.4 is 5.32 Å². The third-order valence-corrected chi connectivity index (χ3v) is 7.31. The predicted octanol–water partition coefficient (Wildman–Crippen LogP) is 3.25. The van der Waals surface area contributed by atoms with E-state index in [1.807, 2.05) is 26.0 Å². The zero-order valence-electron chi connectivity index (χ0n) is 17.0. The first-order valence-corrected chi connectivity index (χ1v) is 11.2. The Morgan fingerprint density at radius 1 is 1.13 bits per heavy atom. The zero-order chi connectivity index (χ0) is 21.3. The van der Waals surface area contributed by atoms with Crippen LogP contribution in [0.15, 0.2) is 52.0 Å². The second-order valence-electron chi connectivity index (χ2n) is 7.41. The van der Waals surface area contributed by atoms with Crippen LogP contribution in [0.2, 0.25) is 0 Å². The highest BCUT2D eigenvalue weighted by atomic mass is 32.2. The Kier molecular flexibility index (Phi) is 5.64. The molecule has 3 aromatic rings. The lowest BCUT2D eigenvalue weighted by Crippen LogP contribution is -2.40. The van der Waals surface area contributed by atoms with Crippen LogP contribution in [0.25, 0.3) is 11.0 Å². The minimum atomic E-state index is -3.62. The number of hydrogen-bond donors (Lipinski definition) is 1. The molecule has 8 heteroatoms. The molecule has 2 heterocycles. The number of sulfonamides is 1. The lowest BCUT2D eigenvalue weighted by molar-refractivity contribution is -0.115. The molecular formula is C22H24N2O5S. The smallest absolute Gasteiger partial charge is 0.243 e. The van der Waals surface area contributed by atoms with Gasteiger partial charge in [0.25, 0.3) is 0 Å². The highest BCUT2D eigenvalue weighted by Crippen LogP contribution is 2.27. The quantitative estimate of drug-likeness (QED) is 0.674. The number of anilines is 1. The molecule has 1 aliphatic heterocycles. The Hall–Kier alpha value is -2.68. The van der Waals surface area contributed by atoms with E-state index in [4.69, 9.17) is 9.15 Å². The van der Waals surface area contributed by atoms with E-state index in [2.05, 4.69) is 5.32 Å². The second-order valence-corrected chi connectivity index (χ2v) is 9.35. The number of carbonyl (C=O) groups is 1. The van der Waals surface area contributed by atoms with Gasteiger partial charge in [0.15, 0.2) is 0 Å². The SMILES string of the molecule is Cc1ccc2c(CC(=O)Nc3cccc(S(=O)(=O)N4CCOCC4)c3)coc2c1C. The van der Waals surface area contributed by atoms with Crippen LogP contribution in [0.1, 0.15) is 16.7 Å². The van der Waals surface area contributed by atoms with Gasteiger partial charge in [-0.3, -0.25) is 4.79 Å². The van der Waals surface area contributed by atoms with Crippen LogP contribution >= 0.6 is 0 Å². The molecule has 158 valence electrons. The van der Waals surface area contributed by atoms with Crippen molar-refractivity contribution in [2.24, 2.45) is 0 Å². The Bertz CT molecular complexity index is 1190. The maximum Gasteiger partial charge on any atom is 0.243 e. The summed E-state index contributed by atoms with van der Waals surface area (Å²) in [6, 6.07) is 10.3. The number of amides is 1. The van der Waals surface area contributed by atoms with Crippen molar-refractivity contribution >= 4 is 32.6 Å². The predicted molar refractivity (Wildman–Crippen MR) is 114 cm³/mol. The number of morpholine rings is 1. The number of fused-ring (bicyclic) bond motifs is 1. The third-order valence-electron chi connectivity index (χ3n) is 5.42. The minimum absolute atomic E-state index is 0.135. The number of hydrogen-bond acceptors (Lipinski definition) is 5. The number of carbonyl (C=O) groups excluding carboxylic acids is 1. The molecule has 1 N–H and O–H groups in total. The lowest BCUT2D eigenvalue weighted by Gasteiger charge is -2.26. The summed E-state index contributed by atoms with van der Waals surface area (Å²) < 4.78 is 38.0. The van der Waals surface area contributed by atoms with Crippen molar-refractivity contribution in [3.63, 3.8) is 0 Å². The molecule has 1 amide bonds. The van der Waals surface area contributed by atoms with Gasteiger partial charge < -0.3 is 14.5 Å². The number of nitrogens with one attached hydrogen (secondary N) is 1. The molecular weight excluding hydrogens is 404 g/mol. The Labute approximate surface area is 175 Å². The van der Waals surface area contributed by atoms with Gasteiger partial charge in [-0.15, -0.1) is 0 Å². The number of nitrogens with zero attached hydrogens (tertiary/aromatic N) is 1. The summed E-state index contributed by atoms with van der Waals surface area (Å²) in [4.78, 5) is 12.8. The first kappa shape index (κ1) is 20.6. The number of benzene rings is 2. The van der Waals surface area contributed by atoms with E-state index in [0.29, 0.717) is 32.0 Å². The largest absolute Gasteiger partial charge is 0.464 e. The van der Waals surface area contributed by atoms with E-state index in [9.17, 15) is 13.2 Å². The number of rotatable bonds is 5. The number of aryl methyl sites for hydroxylation is 2. The molecule has 0 bridgehead atoms. The van der Waals surface area contributed by atoms with Gasteiger partial charge in [0, 0.05) is 29.7 Å². The highest BCUT2D eigenvalue weighted by Gasteiger charge is 2.26. The van der Waals surface area contributed by atoms with Gasteiger partial charge in [0.05, 0.1) is 30.8 Å². The first-order valence-electron chi connectivity index (χ1n) is 9.80. The number of furan rings is 1. The summed E-state index contributed by atoms with van der Waals surface area (Å²) in [5, 5.41) is 3.71. The fraction of sp³-hybridized carbons (Fsp3) is 0.318. The lowest BCUT2D eigenvalue weighted by atomic mass is 10.0. The van der Waals surface area contributed by atoms with E-state index >= 15 is 0 Å². The van der Waals surface area contributed by atoms with Crippen LogP contribution in [-0.4, -0.2) is 44.9 Å². The zero-order valence-corrected chi connectivity index (χ0v) is 17.8. The van der Waals surface area contributed by atoms with Gasteiger partial charge in [0.2, 0.25) is 15.9 Å². The van der Waals surface area contributed by atoms with E-state index in [1.165, 1.54) is 16.4 Å². The Balaban J connectivity index is 1.50. The van der Waals surface area contributed by atoms with Crippen LogP contribution in [0.3, 0.4) is 0 Å². The van der Waals surface area contributed by atoms with Gasteiger partial charge in [-0.05, 0) is 43.2 Å². The molecule has 0 saturated carbocycles. The molecule has 30 heavy (non-hydrogen) atoms. The summed E-state index contributed by atoms with van der Waals surface area (Å²) in [6.07, 6.45) is 1.74. The topological polar surface area (TPSA) is 88.9 Å². The van der Waals surface area contributed by atoms with Crippen molar-refractivity contribution < 1.29 is 22.4 Å². The standard InChI is InChI=1S/C22H24N2O5S/c1-15-6-7-20-17(14-29-22(20)16(15)2)12-21(25)23-18-4-3-5-19(13-18)30(26,27)24-8-10-28-11-9-24/h3-7,13-14H,8-12H2,1-2H3,(H,23,25). The monoisotopic (exact) mass is 428 g/mol.